The molecular formula is C26H25N3O4S2. The van der Waals surface area contributed by atoms with E-state index in [2.05, 4.69) is 15.3 Å². The van der Waals surface area contributed by atoms with Gasteiger partial charge in [-0.05, 0) is 36.8 Å². The van der Waals surface area contributed by atoms with Crippen molar-refractivity contribution in [2.24, 2.45) is 0 Å². The third-order valence-corrected chi connectivity index (χ3v) is 8.08. The summed E-state index contributed by atoms with van der Waals surface area (Å²) < 4.78 is 32.1. The van der Waals surface area contributed by atoms with Crippen LogP contribution in [0.15, 0.2) is 93.8 Å². The molecule has 4 rings (SSSR count). The number of carbonyl (C=O) groups is 1. The molecule has 0 unspecified atom stereocenters. The molecular weight excluding hydrogens is 482 g/mol. The van der Waals surface area contributed by atoms with Crippen LogP contribution in [-0.4, -0.2) is 37.2 Å². The number of thioether (sulfide) groups is 1. The zero-order valence-corrected chi connectivity index (χ0v) is 20.9. The lowest BCUT2D eigenvalue weighted by atomic mass is 10.2. The lowest BCUT2D eigenvalue weighted by Crippen LogP contribution is -2.24. The van der Waals surface area contributed by atoms with Crippen molar-refractivity contribution in [3.63, 3.8) is 0 Å². The summed E-state index contributed by atoms with van der Waals surface area (Å²) in [6.07, 6.45) is 0. The molecule has 9 heteroatoms. The van der Waals surface area contributed by atoms with Gasteiger partial charge in [0.25, 0.3) is 0 Å². The van der Waals surface area contributed by atoms with Gasteiger partial charge in [0.15, 0.2) is 5.03 Å². The number of methoxy groups -OCH3 is 1. The molecule has 0 saturated carbocycles. The van der Waals surface area contributed by atoms with Crippen LogP contribution in [0.3, 0.4) is 0 Å². The Kier molecular flexibility index (Phi) is 7.57. The first-order valence-electron chi connectivity index (χ1n) is 10.9. The topological polar surface area (TPSA) is 101 Å². The number of ether oxygens (including phenoxy) is 1. The number of H-pyrrole nitrogens is 1. The summed E-state index contributed by atoms with van der Waals surface area (Å²) in [5.41, 5.74) is 2.61. The van der Waals surface area contributed by atoms with E-state index in [0.29, 0.717) is 18.1 Å². The number of aromatic nitrogens is 2. The monoisotopic (exact) mass is 507 g/mol. The second-order valence-electron chi connectivity index (χ2n) is 7.82. The van der Waals surface area contributed by atoms with Gasteiger partial charge in [0, 0.05) is 12.1 Å². The van der Waals surface area contributed by atoms with E-state index < -0.39 is 9.84 Å². The van der Waals surface area contributed by atoms with Gasteiger partial charge in [-0.3, -0.25) is 4.79 Å². The first-order valence-corrected chi connectivity index (χ1v) is 13.3. The normalized spacial score (nSPS) is 11.3. The summed E-state index contributed by atoms with van der Waals surface area (Å²) >= 11 is 1.08. The number of carbonyl (C=O) groups excluding carboxylic acids is 1. The molecule has 0 saturated heterocycles. The van der Waals surface area contributed by atoms with Gasteiger partial charge >= 0.3 is 0 Å². The number of benzene rings is 3. The number of amides is 1. The fraction of sp³-hybridized carbons (Fsp3) is 0.154. The highest BCUT2D eigenvalue weighted by atomic mass is 32.2. The van der Waals surface area contributed by atoms with E-state index in [1.807, 2.05) is 61.5 Å². The van der Waals surface area contributed by atoms with Crippen molar-refractivity contribution >= 4 is 27.5 Å². The lowest BCUT2D eigenvalue weighted by molar-refractivity contribution is -0.118. The number of nitrogens with one attached hydrogen (secondary N) is 2. The lowest BCUT2D eigenvalue weighted by Gasteiger charge is -2.07. The number of rotatable bonds is 9. The highest BCUT2D eigenvalue weighted by Crippen LogP contribution is 2.32. The molecule has 1 amide bonds. The maximum absolute atomic E-state index is 13.4. The number of aromatic amines is 1. The molecule has 3 aromatic carbocycles. The van der Waals surface area contributed by atoms with Gasteiger partial charge in [0.2, 0.25) is 15.7 Å². The first-order chi connectivity index (χ1) is 16.9. The minimum Gasteiger partial charge on any atom is -0.497 e. The molecule has 0 atom stereocenters. The molecule has 35 heavy (non-hydrogen) atoms. The Hall–Kier alpha value is -3.56. The molecule has 4 aromatic rings. The van der Waals surface area contributed by atoms with Gasteiger partial charge in [0.1, 0.15) is 16.6 Å². The molecule has 1 heterocycles. The minimum atomic E-state index is -3.87. The van der Waals surface area contributed by atoms with Crippen LogP contribution in [0.25, 0.3) is 11.4 Å². The third-order valence-electron chi connectivity index (χ3n) is 5.25. The number of aryl methyl sites for hydroxylation is 1. The maximum Gasteiger partial charge on any atom is 0.230 e. The first kappa shape index (κ1) is 24.6. The molecule has 0 aliphatic carbocycles. The smallest absolute Gasteiger partial charge is 0.230 e. The predicted molar refractivity (Wildman–Crippen MR) is 136 cm³/mol. The number of nitrogens with zero attached hydrogens (tertiary/aromatic N) is 1. The summed E-state index contributed by atoms with van der Waals surface area (Å²) in [5.74, 6) is 0.915. The zero-order valence-electron chi connectivity index (χ0n) is 19.3. The van der Waals surface area contributed by atoms with Gasteiger partial charge < -0.3 is 15.0 Å². The van der Waals surface area contributed by atoms with Gasteiger partial charge in [-0.15, -0.1) is 0 Å². The van der Waals surface area contributed by atoms with Gasteiger partial charge in [-0.1, -0.05) is 71.9 Å². The third kappa shape index (κ3) is 5.93. The summed E-state index contributed by atoms with van der Waals surface area (Å²) in [4.78, 5) is 20.2. The summed E-state index contributed by atoms with van der Waals surface area (Å²) in [5, 5.41) is 3.08. The molecule has 0 spiro atoms. The molecule has 0 radical (unpaired) electrons. The molecule has 2 N–H and O–H groups in total. The van der Waals surface area contributed by atoms with Crippen molar-refractivity contribution in [1.29, 1.82) is 0 Å². The number of hydrogen-bond donors (Lipinski definition) is 2. The molecule has 7 nitrogen and oxygen atoms in total. The van der Waals surface area contributed by atoms with E-state index in [4.69, 9.17) is 4.74 Å². The number of hydrogen-bond acceptors (Lipinski definition) is 6. The van der Waals surface area contributed by atoms with E-state index in [-0.39, 0.29) is 26.6 Å². The quantitative estimate of drug-likeness (QED) is 0.320. The Morgan fingerprint density at radius 2 is 1.77 bits per heavy atom. The molecule has 0 aliphatic heterocycles. The number of imidazole rings is 1. The van der Waals surface area contributed by atoms with E-state index in [9.17, 15) is 13.2 Å². The van der Waals surface area contributed by atoms with E-state index in [1.165, 1.54) is 0 Å². The largest absolute Gasteiger partial charge is 0.497 e. The highest BCUT2D eigenvalue weighted by molar-refractivity contribution is 8.00. The highest BCUT2D eigenvalue weighted by Gasteiger charge is 2.26. The standard InChI is InChI=1S/C26H25N3O4S2/c1-18-11-13-22(14-12-18)35(31,32)26-25(28-24(29-26)20-8-4-3-5-9-20)34-17-23(30)27-16-19-7-6-10-21(15-19)33-2/h3-15H,16-17H2,1-2H3,(H,27,30)(H,28,29). The second-order valence-corrected chi connectivity index (χ2v) is 10.7. The Labute approximate surface area is 208 Å². The maximum atomic E-state index is 13.4. The Balaban J connectivity index is 1.55. The molecule has 180 valence electrons. The van der Waals surface area contributed by atoms with Crippen LogP contribution in [0.1, 0.15) is 11.1 Å². The molecule has 0 fully saturated rings. The van der Waals surface area contributed by atoms with Crippen molar-refractivity contribution in [2.75, 3.05) is 12.9 Å². The van der Waals surface area contributed by atoms with Crippen LogP contribution >= 0.6 is 11.8 Å². The van der Waals surface area contributed by atoms with Crippen molar-refractivity contribution in [1.82, 2.24) is 15.3 Å². The van der Waals surface area contributed by atoms with Gasteiger partial charge in [-0.25, -0.2) is 13.4 Å². The van der Waals surface area contributed by atoms with Crippen LogP contribution in [0.5, 0.6) is 5.75 Å². The fourth-order valence-corrected chi connectivity index (χ4v) is 5.81. The van der Waals surface area contributed by atoms with Crippen LogP contribution in [0, 0.1) is 6.92 Å². The summed E-state index contributed by atoms with van der Waals surface area (Å²) in [6.45, 7) is 2.23. The zero-order chi connectivity index (χ0) is 24.8. The minimum absolute atomic E-state index is 0.0134. The van der Waals surface area contributed by atoms with Gasteiger partial charge in [-0.2, -0.15) is 0 Å². The molecule has 1 aromatic heterocycles. The fourth-order valence-electron chi connectivity index (χ4n) is 3.36. The van der Waals surface area contributed by atoms with Crippen molar-refractivity contribution in [3.05, 3.63) is 90.0 Å². The summed E-state index contributed by atoms with van der Waals surface area (Å²) in [7, 11) is -2.28. The van der Waals surface area contributed by atoms with Crippen LogP contribution < -0.4 is 10.1 Å². The van der Waals surface area contributed by atoms with Crippen LogP contribution in [0.4, 0.5) is 0 Å². The van der Waals surface area contributed by atoms with Gasteiger partial charge in [0.05, 0.1) is 17.8 Å². The van der Waals surface area contributed by atoms with Crippen molar-refractivity contribution in [2.45, 2.75) is 28.4 Å². The second kappa shape index (κ2) is 10.8. The van der Waals surface area contributed by atoms with Crippen molar-refractivity contribution in [3.8, 4) is 17.1 Å². The number of sulfone groups is 1. The SMILES string of the molecule is COc1cccc(CNC(=O)CSc2nc(-c3ccccc3)[nH]c2S(=O)(=O)c2ccc(C)cc2)c1. The van der Waals surface area contributed by atoms with E-state index in [1.54, 1.807) is 31.4 Å². The van der Waals surface area contributed by atoms with Crippen molar-refractivity contribution < 1.29 is 17.9 Å². The average Bonchev–Trinajstić information content (AvgIpc) is 3.32. The Morgan fingerprint density at radius 1 is 1.03 bits per heavy atom. The van der Waals surface area contributed by atoms with E-state index in [0.717, 1.165) is 28.5 Å². The average molecular weight is 508 g/mol. The predicted octanol–water partition coefficient (Wildman–Crippen LogP) is 4.64. The molecule has 0 bridgehead atoms. The Morgan fingerprint density at radius 3 is 2.49 bits per heavy atom. The van der Waals surface area contributed by atoms with E-state index >= 15 is 0 Å². The Bertz CT molecular complexity index is 1420. The van der Waals surface area contributed by atoms with Crippen LogP contribution in [0.2, 0.25) is 0 Å². The molecule has 0 aliphatic rings. The van der Waals surface area contributed by atoms with Crippen LogP contribution in [-0.2, 0) is 21.2 Å². The summed E-state index contributed by atoms with van der Waals surface area (Å²) in [6, 6.07) is 23.3.